The SMILES string of the molecule is CC/C=C\C/C=C\C/C=C\C/C=C\C/C=C\C/C=C\CCC(=O)NCCNC(=O)OCCCCn1c(Cn2c(=O)n(C3CC3)c3ccncc32)nc2ccccc21.CCC.[HH].[HH]. The minimum absolute atomic E-state index is 0. The number of pyridine rings is 1. The number of aryl methyl sites for hydroxylation is 1. The van der Waals surface area contributed by atoms with Crippen LogP contribution in [0.15, 0.2) is 120 Å². The van der Waals surface area contributed by atoms with Crippen LogP contribution in [0.1, 0.15) is 119 Å². The molecular formula is C49H71N7O4. The highest BCUT2D eigenvalue weighted by Crippen LogP contribution is 2.36. The summed E-state index contributed by atoms with van der Waals surface area (Å²) in [7, 11) is 0. The molecule has 3 aromatic heterocycles. The second-order valence-electron chi connectivity index (χ2n) is 14.8. The molecule has 0 atom stereocenters. The number of imidazole rings is 2. The van der Waals surface area contributed by atoms with Crippen molar-refractivity contribution in [1.29, 1.82) is 0 Å². The van der Waals surface area contributed by atoms with E-state index in [0.29, 0.717) is 45.4 Å². The summed E-state index contributed by atoms with van der Waals surface area (Å²) in [6, 6.07) is 10.1. The van der Waals surface area contributed by atoms with Gasteiger partial charge in [-0.1, -0.05) is 112 Å². The number of benzene rings is 1. The van der Waals surface area contributed by atoms with E-state index in [1.54, 1.807) is 17.0 Å². The Labute approximate surface area is 359 Å². The molecule has 60 heavy (non-hydrogen) atoms. The Kier molecular flexibility index (Phi) is 21.8. The molecule has 2 N–H and O–H groups in total. The molecule has 0 radical (unpaired) electrons. The maximum absolute atomic E-state index is 13.5. The highest BCUT2D eigenvalue weighted by Gasteiger charge is 2.29. The predicted molar refractivity (Wildman–Crippen MR) is 250 cm³/mol. The Balaban J connectivity index is 0.00000257. The summed E-state index contributed by atoms with van der Waals surface area (Å²) >= 11 is 0. The molecule has 2 amide bonds. The summed E-state index contributed by atoms with van der Waals surface area (Å²) in [5, 5.41) is 5.54. The normalized spacial score (nSPS) is 13.2. The molecule has 1 aliphatic rings. The number of carbonyl (C=O) groups is 2. The molecule has 1 aliphatic carbocycles. The first-order valence-electron chi connectivity index (χ1n) is 22.0. The third-order valence-corrected chi connectivity index (χ3v) is 9.57. The predicted octanol–water partition coefficient (Wildman–Crippen LogP) is 10.9. The fourth-order valence-electron chi connectivity index (χ4n) is 6.50. The van der Waals surface area contributed by atoms with Gasteiger partial charge in [-0.15, -0.1) is 0 Å². The number of rotatable bonds is 25. The van der Waals surface area contributed by atoms with Crippen LogP contribution >= 0.6 is 0 Å². The molecule has 11 nitrogen and oxygen atoms in total. The van der Waals surface area contributed by atoms with Crippen molar-refractivity contribution in [2.45, 2.75) is 123 Å². The molecule has 1 saturated carbocycles. The number of allylic oxidation sites excluding steroid dienone is 12. The number of para-hydroxylation sites is 2. The summed E-state index contributed by atoms with van der Waals surface area (Å²) in [5.74, 6) is 0.751. The van der Waals surface area contributed by atoms with E-state index in [1.807, 2.05) is 41.0 Å². The molecule has 0 saturated heterocycles. The number of amides is 2. The lowest BCUT2D eigenvalue weighted by Gasteiger charge is -2.11. The van der Waals surface area contributed by atoms with Crippen LogP contribution in [0.25, 0.3) is 22.1 Å². The van der Waals surface area contributed by atoms with E-state index in [1.165, 1.54) is 6.42 Å². The lowest BCUT2D eigenvalue weighted by atomic mass is 10.2. The van der Waals surface area contributed by atoms with Crippen molar-refractivity contribution < 1.29 is 17.2 Å². The molecule has 0 bridgehead atoms. The molecule has 0 spiro atoms. The highest BCUT2D eigenvalue weighted by molar-refractivity contribution is 5.77. The van der Waals surface area contributed by atoms with E-state index in [9.17, 15) is 14.4 Å². The maximum atomic E-state index is 13.5. The maximum Gasteiger partial charge on any atom is 0.407 e. The van der Waals surface area contributed by atoms with Crippen LogP contribution < -0.4 is 16.3 Å². The first-order chi connectivity index (χ1) is 29.5. The van der Waals surface area contributed by atoms with Crippen molar-refractivity contribution in [2.75, 3.05) is 19.7 Å². The number of fused-ring (bicyclic) bond motifs is 2. The number of carbonyl (C=O) groups excluding carboxylic acids is 2. The van der Waals surface area contributed by atoms with Crippen molar-refractivity contribution in [2.24, 2.45) is 0 Å². The third kappa shape index (κ3) is 16.5. The lowest BCUT2D eigenvalue weighted by Crippen LogP contribution is -2.35. The van der Waals surface area contributed by atoms with Crippen molar-refractivity contribution in [3.05, 3.63) is 132 Å². The smallest absolute Gasteiger partial charge is 0.407 e. The zero-order chi connectivity index (χ0) is 42.6. The van der Waals surface area contributed by atoms with Gasteiger partial charge in [0.1, 0.15) is 5.82 Å². The van der Waals surface area contributed by atoms with Gasteiger partial charge in [0.05, 0.1) is 41.4 Å². The Morgan fingerprint density at radius 2 is 1.38 bits per heavy atom. The van der Waals surface area contributed by atoms with E-state index in [4.69, 9.17) is 9.72 Å². The second-order valence-corrected chi connectivity index (χ2v) is 14.8. The minimum atomic E-state index is -0.504. The molecule has 0 aliphatic heterocycles. The standard InChI is InChI=1S/C46H59N7O4.C3H8.2H2/c1-2-3-4-5-6-7-8-9-10-11-12-13-14-15-16-17-18-19-20-27-44(54)48-32-33-49-45(55)57-35-24-23-34-51-40-26-22-21-25-39(40)50-43(51)37-52-42-36-47-31-30-41(42)53(46(52)56)38-28-29-38;1-3-2;;/h3-4,6-7,9-10,12-13,15-16,18-19,21-22,25-26,30-31,36,38H,2,5,8,11,14,17,20,23-24,27-29,32-35,37H2,1H3,(H,48,54)(H,49,55);3H2,1-2H3;2*1H/b4-3-,7-6-,10-9-,13-12-,16-15-,19-18-;;;. The van der Waals surface area contributed by atoms with Crippen LogP contribution in [0.5, 0.6) is 0 Å². The van der Waals surface area contributed by atoms with Crippen LogP contribution in [-0.4, -0.2) is 55.4 Å². The number of alkyl carbamates (subject to hydrolysis) is 1. The zero-order valence-electron chi connectivity index (χ0n) is 36.1. The van der Waals surface area contributed by atoms with E-state index >= 15 is 0 Å². The quantitative estimate of drug-likeness (QED) is 0.0506. The first kappa shape index (κ1) is 47.0. The monoisotopic (exact) mass is 822 g/mol. The van der Waals surface area contributed by atoms with Gasteiger partial charge in [0, 0.05) is 41.1 Å². The van der Waals surface area contributed by atoms with Gasteiger partial charge in [-0.3, -0.25) is 18.9 Å². The van der Waals surface area contributed by atoms with Gasteiger partial charge in [0.2, 0.25) is 5.91 Å². The highest BCUT2D eigenvalue weighted by atomic mass is 16.5. The number of nitrogens with one attached hydrogen (secondary N) is 2. The van der Waals surface area contributed by atoms with Crippen molar-refractivity contribution in [3.63, 3.8) is 0 Å². The molecule has 3 heterocycles. The Hall–Kier alpha value is -5.71. The number of hydrogen-bond donors (Lipinski definition) is 2. The van der Waals surface area contributed by atoms with Crippen molar-refractivity contribution >= 4 is 34.1 Å². The molecule has 11 heteroatoms. The third-order valence-electron chi connectivity index (χ3n) is 9.57. The topological polar surface area (TPSA) is 125 Å². The molecule has 326 valence electrons. The van der Waals surface area contributed by atoms with Gasteiger partial charge in [-0.25, -0.2) is 14.6 Å². The molecule has 4 aromatic rings. The van der Waals surface area contributed by atoms with Crippen LogP contribution in [0.4, 0.5) is 4.79 Å². The van der Waals surface area contributed by atoms with Crippen LogP contribution in [0.3, 0.4) is 0 Å². The molecule has 1 fully saturated rings. The van der Waals surface area contributed by atoms with Gasteiger partial charge >= 0.3 is 11.8 Å². The number of hydrogen-bond acceptors (Lipinski definition) is 6. The Morgan fingerprint density at radius 1 is 0.767 bits per heavy atom. The summed E-state index contributed by atoms with van der Waals surface area (Å²) in [5.41, 5.74) is 3.57. The van der Waals surface area contributed by atoms with Crippen LogP contribution in [0.2, 0.25) is 0 Å². The Morgan fingerprint density at radius 3 is 2.03 bits per heavy atom. The zero-order valence-corrected chi connectivity index (χ0v) is 36.1. The summed E-state index contributed by atoms with van der Waals surface area (Å²) in [6.07, 6.45) is 40.5. The largest absolute Gasteiger partial charge is 0.450 e. The van der Waals surface area contributed by atoms with E-state index in [-0.39, 0.29) is 27.1 Å². The lowest BCUT2D eigenvalue weighted by molar-refractivity contribution is -0.120. The van der Waals surface area contributed by atoms with E-state index < -0.39 is 6.09 Å². The van der Waals surface area contributed by atoms with Gasteiger partial charge in [-0.2, -0.15) is 0 Å². The number of nitrogens with zero attached hydrogens (tertiary/aromatic N) is 5. The summed E-state index contributed by atoms with van der Waals surface area (Å²) in [6.45, 7) is 8.31. The van der Waals surface area contributed by atoms with Gasteiger partial charge in [0.25, 0.3) is 0 Å². The van der Waals surface area contributed by atoms with E-state index in [2.05, 4.69) is 108 Å². The molecular weight excluding hydrogens is 751 g/mol. The second kappa shape index (κ2) is 27.9. The van der Waals surface area contributed by atoms with Gasteiger partial charge in [-0.05, 0) is 88.8 Å². The molecule has 5 rings (SSSR count). The van der Waals surface area contributed by atoms with Crippen LogP contribution in [0, 0.1) is 0 Å². The van der Waals surface area contributed by atoms with Crippen molar-refractivity contribution in [1.82, 2.24) is 34.3 Å². The average Bonchev–Trinajstić information content (AvgIpc) is 3.97. The van der Waals surface area contributed by atoms with Gasteiger partial charge < -0.3 is 19.9 Å². The first-order valence-corrected chi connectivity index (χ1v) is 22.0. The van der Waals surface area contributed by atoms with Crippen molar-refractivity contribution in [3.8, 4) is 0 Å². The summed E-state index contributed by atoms with van der Waals surface area (Å²) < 4.78 is 11.2. The van der Waals surface area contributed by atoms with Gasteiger partial charge in [0.15, 0.2) is 0 Å². The number of unbranched alkanes of at least 4 members (excludes halogenated alkanes) is 1. The fraction of sp³-hybridized carbons (Fsp3) is 0.449. The Bertz CT molecular complexity index is 2140. The van der Waals surface area contributed by atoms with E-state index in [0.717, 1.165) is 85.7 Å². The minimum Gasteiger partial charge on any atom is -0.450 e. The number of aromatic nitrogens is 5. The molecule has 0 unspecified atom stereocenters. The summed E-state index contributed by atoms with van der Waals surface area (Å²) in [4.78, 5) is 47.1. The molecule has 1 aromatic carbocycles. The number of ether oxygens (including phenoxy) is 1. The average molecular weight is 822 g/mol. The fourth-order valence-corrected chi connectivity index (χ4v) is 6.50. The van der Waals surface area contributed by atoms with Crippen LogP contribution in [-0.2, 0) is 22.6 Å².